The minimum Gasteiger partial charge on any atom is -0.385 e. The van der Waals surface area contributed by atoms with Crippen LogP contribution in [0.5, 0.6) is 0 Å². The van der Waals surface area contributed by atoms with E-state index in [2.05, 4.69) is 22.5 Å². The number of methoxy groups -OCH3 is 1. The summed E-state index contributed by atoms with van der Waals surface area (Å²) in [5.74, 6) is 0.963. The van der Waals surface area contributed by atoms with Crippen LogP contribution in [-0.2, 0) is 4.74 Å². The second-order valence-corrected chi connectivity index (χ2v) is 4.23. The molecule has 94 valence electrons. The highest BCUT2D eigenvalue weighted by Gasteiger charge is 2.15. The van der Waals surface area contributed by atoms with Gasteiger partial charge in [0.15, 0.2) is 5.96 Å². The fourth-order valence-electron chi connectivity index (χ4n) is 1.98. The van der Waals surface area contributed by atoms with Gasteiger partial charge >= 0.3 is 0 Å². The van der Waals surface area contributed by atoms with Crippen molar-refractivity contribution in [2.24, 2.45) is 4.99 Å². The van der Waals surface area contributed by atoms with E-state index in [-0.39, 0.29) is 0 Å². The average Bonchev–Trinajstić information content (AvgIpc) is 2.77. The summed E-state index contributed by atoms with van der Waals surface area (Å²) in [5, 5.41) is 6.78. The molecule has 0 aliphatic heterocycles. The minimum absolute atomic E-state index is 0.625. The van der Waals surface area contributed by atoms with Gasteiger partial charge in [-0.05, 0) is 26.2 Å². The van der Waals surface area contributed by atoms with Crippen LogP contribution in [0.15, 0.2) is 4.99 Å². The number of nitrogens with one attached hydrogen (secondary N) is 2. The van der Waals surface area contributed by atoms with E-state index >= 15 is 0 Å². The van der Waals surface area contributed by atoms with Gasteiger partial charge in [-0.2, -0.15) is 0 Å². The number of hydrogen-bond acceptors (Lipinski definition) is 2. The van der Waals surface area contributed by atoms with E-state index in [9.17, 15) is 0 Å². The van der Waals surface area contributed by atoms with Crippen molar-refractivity contribution in [3.8, 4) is 0 Å². The molecule has 0 spiro atoms. The summed E-state index contributed by atoms with van der Waals surface area (Å²) < 4.78 is 5.01. The van der Waals surface area contributed by atoms with Gasteiger partial charge in [0.2, 0.25) is 0 Å². The molecule has 1 aliphatic rings. The largest absolute Gasteiger partial charge is 0.385 e. The van der Waals surface area contributed by atoms with Gasteiger partial charge in [0.1, 0.15) is 0 Å². The molecule has 0 aromatic rings. The molecule has 1 saturated carbocycles. The van der Waals surface area contributed by atoms with Crippen LogP contribution in [-0.4, -0.2) is 38.8 Å². The van der Waals surface area contributed by atoms with Gasteiger partial charge in [0.05, 0.1) is 0 Å². The quantitative estimate of drug-likeness (QED) is 0.411. The molecule has 0 amide bonds. The lowest BCUT2D eigenvalue weighted by Crippen LogP contribution is -2.42. The van der Waals surface area contributed by atoms with Gasteiger partial charge < -0.3 is 15.4 Å². The van der Waals surface area contributed by atoms with Gasteiger partial charge in [-0.25, -0.2) is 0 Å². The Morgan fingerprint density at radius 3 is 2.75 bits per heavy atom. The van der Waals surface area contributed by atoms with Gasteiger partial charge in [-0.1, -0.05) is 12.8 Å². The normalized spacial score (nSPS) is 17.8. The maximum Gasteiger partial charge on any atom is 0.191 e. The molecule has 0 heterocycles. The number of ether oxygens (including phenoxy) is 1. The van der Waals surface area contributed by atoms with Crippen molar-refractivity contribution in [3.63, 3.8) is 0 Å². The molecule has 0 aromatic carbocycles. The first-order valence-corrected chi connectivity index (χ1v) is 6.40. The molecule has 2 N–H and O–H groups in total. The van der Waals surface area contributed by atoms with Crippen LogP contribution in [0.25, 0.3) is 0 Å². The Labute approximate surface area is 98.9 Å². The third-order valence-corrected chi connectivity index (χ3v) is 2.82. The number of guanidine groups is 1. The Bertz CT molecular complexity index is 200. The summed E-state index contributed by atoms with van der Waals surface area (Å²) in [6.45, 7) is 4.63. The summed E-state index contributed by atoms with van der Waals surface area (Å²) in [7, 11) is 1.73. The first-order chi connectivity index (χ1) is 7.86. The average molecular weight is 227 g/mol. The second kappa shape index (κ2) is 8.39. The van der Waals surface area contributed by atoms with Crippen molar-refractivity contribution < 1.29 is 4.74 Å². The summed E-state index contributed by atoms with van der Waals surface area (Å²) in [6.07, 6.45) is 6.24. The van der Waals surface area contributed by atoms with Crippen LogP contribution >= 0.6 is 0 Å². The van der Waals surface area contributed by atoms with Crippen molar-refractivity contribution in [3.05, 3.63) is 0 Å². The van der Waals surface area contributed by atoms with E-state index in [1.807, 2.05) is 0 Å². The van der Waals surface area contributed by atoms with Crippen molar-refractivity contribution >= 4 is 5.96 Å². The van der Waals surface area contributed by atoms with Gasteiger partial charge in [0, 0.05) is 32.8 Å². The monoisotopic (exact) mass is 227 g/mol. The number of rotatable bonds is 6. The van der Waals surface area contributed by atoms with Crippen LogP contribution < -0.4 is 10.6 Å². The predicted octanol–water partition coefficient (Wildman–Crippen LogP) is 1.52. The van der Waals surface area contributed by atoms with Gasteiger partial charge in [0.25, 0.3) is 0 Å². The molecule has 0 bridgehead atoms. The number of aliphatic imine (C=N–C) groups is 1. The lowest BCUT2D eigenvalue weighted by atomic mass is 10.2. The first kappa shape index (κ1) is 13.3. The summed E-state index contributed by atoms with van der Waals surface area (Å²) in [6, 6.07) is 0.625. The van der Waals surface area contributed by atoms with E-state index in [0.29, 0.717) is 6.04 Å². The van der Waals surface area contributed by atoms with Crippen molar-refractivity contribution in [2.45, 2.75) is 45.1 Å². The van der Waals surface area contributed by atoms with Crippen molar-refractivity contribution in [1.82, 2.24) is 10.6 Å². The van der Waals surface area contributed by atoms with Gasteiger partial charge in [-0.15, -0.1) is 0 Å². The zero-order valence-electron chi connectivity index (χ0n) is 10.6. The molecule has 4 nitrogen and oxygen atoms in total. The Hall–Kier alpha value is -0.770. The Morgan fingerprint density at radius 2 is 2.12 bits per heavy atom. The lowest BCUT2D eigenvalue weighted by molar-refractivity contribution is 0.197. The zero-order valence-corrected chi connectivity index (χ0v) is 10.6. The van der Waals surface area contributed by atoms with E-state index in [4.69, 9.17) is 4.74 Å². The Morgan fingerprint density at radius 1 is 1.38 bits per heavy atom. The predicted molar refractivity (Wildman–Crippen MR) is 67.9 cm³/mol. The SMILES string of the molecule is CCNC(=NCCCOC)NC1CCCC1. The molecule has 0 saturated heterocycles. The van der Waals surface area contributed by atoms with E-state index < -0.39 is 0 Å². The third kappa shape index (κ3) is 5.35. The summed E-state index contributed by atoms with van der Waals surface area (Å²) in [4.78, 5) is 4.53. The van der Waals surface area contributed by atoms with E-state index in [1.54, 1.807) is 7.11 Å². The molecule has 0 atom stereocenters. The minimum atomic E-state index is 0.625. The highest BCUT2D eigenvalue weighted by molar-refractivity contribution is 5.80. The maximum atomic E-state index is 5.01. The van der Waals surface area contributed by atoms with Gasteiger partial charge in [-0.3, -0.25) is 4.99 Å². The summed E-state index contributed by atoms with van der Waals surface area (Å²) >= 11 is 0. The van der Waals surface area contributed by atoms with Crippen LogP contribution in [0.3, 0.4) is 0 Å². The van der Waals surface area contributed by atoms with Crippen molar-refractivity contribution in [2.75, 3.05) is 26.8 Å². The lowest BCUT2D eigenvalue weighted by Gasteiger charge is -2.16. The smallest absolute Gasteiger partial charge is 0.191 e. The van der Waals surface area contributed by atoms with Crippen LogP contribution in [0.2, 0.25) is 0 Å². The molecule has 0 unspecified atom stereocenters. The Balaban J connectivity index is 2.27. The highest BCUT2D eigenvalue weighted by atomic mass is 16.5. The zero-order chi connectivity index (χ0) is 11.6. The fourth-order valence-corrected chi connectivity index (χ4v) is 1.98. The molecule has 1 aliphatic carbocycles. The van der Waals surface area contributed by atoms with E-state index in [1.165, 1.54) is 25.7 Å². The molecule has 4 heteroatoms. The molecule has 0 aromatic heterocycles. The molecular weight excluding hydrogens is 202 g/mol. The van der Waals surface area contributed by atoms with Crippen LogP contribution in [0, 0.1) is 0 Å². The van der Waals surface area contributed by atoms with Crippen molar-refractivity contribution in [1.29, 1.82) is 0 Å². The third-order valence-electron chi connectivity index (χ3n) is 2.82. The fraction of sp³-hybridized carbons (Fsp3) is 0.917. The standard InChI is InChI=1S/C12H25N3O/c1-3-13-12(14-9-6-10-16-2)15-11-7-4-5-8-11/h11H,3-10H2,1-2H3,(H2,13,14,15). The molecule has 16 heavy (non-hydrogen) atoms. The van der Waals surface area contributed by atoms with Crippen LogP contribution in [0.4, 0.5) is 0 Å². The topological polar surface area (TPSA) is 45.7 Å². The molecule has 1 rings (SSSR count). The second-order valence-electron chi connectivity index (χ2n) is 4.23. The molecular formula is C12H25N3O. The van der Waals surface area contributed by atoms with E-state index in [0.717, 1.165) is 32.1 Å². The maximum absolute atomic E-state index is 5.01. The highest BCUT2D eigenvalue weighted by Crippen LogP contribution is 2.17. The number of nitrogens with zero attached hydrogens (tertiary/aromatic N) is 1. The number of hydrogen-bond donors (Lipinski definition) is 2. The van der Waals surface area contributed by atoms with Crippen LogP contribution in [0.1, 0.15) is 39.0 Å². The molecule has 1 fully saturated rings. The summed E-state index contributed by atoms with van der Waals surface area (Å²) in [5.41, 5.74) is 0. The molecule has 0 radical (unpaired) electrons. The first-order valence-electron chi connectivity index (χ1n) is 6.40. The Kier molecular flexibility index (Phi) is 6.97.